The molecule has 0 unspecified atom stereocenters. The largest absolute Gasteiger partial charge is 0.349 e. The second-order valence-electron chi connectivity index (χ2n) is 3.89. The van der Waals surface area contributed by atoms with Crippen LogP contribution in [0.5, 0.6) is 0 Å². The van der Waals surface area contributed by atoms with Gasteiger partial charge in [0.15, 0.2) is 5.13 Å². The van der Waals surface area contributed by atoms with Crippen LogP contribution in [0.3, 0.4) is 0 Å². The number of nitrogens with one attached hydrogen (secondary N) is 3. The fraction of sp³-hybridized carbons (Fsp3) is 0.545. The smallest absolute Gasteiger partial charge is 0.270 e. The summed E-state index contributed by atoms with van der Waals surface area (Å²) >= 11 is 1.23. The van der Waals surface area contributed by atoms with Gasteiger partial charge in [0.05, 0.1) is 0 Å². The summed E-state index contributed by atoms with van der Waals surface area (Å²) < 4.78 is 0. The second kappa shape index (κ2) is 7.07. The van der Waals surface area contributed by atoms with Crippen molar-refractivity contribution in [3.05, 3.63) is 11.1 Å². The van der Waals surface area contributed by atoms with Crippen molar-refractivity contribution in [1.29, 1.82) is 0 Å². The van der Waals surface area contributed by atoms with Crippen LogP contribution in [-0.4, -0.2) is 35.9 Å². The second-order valence-corrected chi connectivity index (χ2v) is 4.75. The Bertz CT molecular complexity index is 419. The summed E-state index contributed by atoms with van der Waals surface area (Å²) in [6.07, 6.45) is 0. The van der Waals surface area contributed by atoms with Gasteiger partial charge in [0, 0.05) is 24.9 Å². The first-order valence-corrected chi connectivity index (χ1v) is 6.65. The van der Waals surface area contributed by atoms with Crippen LogP contribution in [0, 0.1) is 0 Å². The van der Waals surface area contributed by atoms with Gasteiger partial charge in [-0.05, 0) is 13.5 Å². The van der Waals surface area contributed by atoms with E-state index in [0.29, 0.717) is 17.4 Å². The Kier molecular flexibility index (Phi) is 5.73. The fourth-order valence-electron chi connectivity index (χ4n) is 1.34. The molecular weight excluding hydrogens is 252 g/mol. The number of aromatic nitrogens is 1. The highest BCUT2D eigenvalue weighted by Gasteiger charge is 2.11. The Hall–Kier alpha value is -1.47. The maximum Gasteiger partial charge on any atom is 0.270 e. The van der Waals surface area contributed by atoms with Crippen molar-refractivity contribution in [1.82, 2.24) is 15.6 Å². The molecule has 0 fully saturated rings. The normalized spacial score (nSPS) is 11.9. The van der Waals surface area contributed by atoms with E-state index >= 15 is 0 Å². The molecule has 0 aliphatic rings. The molecule has 0 aliphatic heterocycles. The van der Waals surface area contributed by atoms with Crippen molar-refractivity contribution in [2.24, 2.45) is 0 Å². The number of carbonyl (C=O) groups is 2. The van der Waals surface area contributed by atoms with Crippen LogP contribution >= 0.6 is 11.3 Å². The van der Waals surface area contributed by atoms with Gasteiger partial charge in [-0.25, -0.2) is 4.98 Å². The number of carbonyl (C=O) groups excluding carboxylic acids is 2. The first kappa shape index (κ1) is 14.6. The van der Waals surface area contributed by atoms with Crippen LogP contribution in [0.2, 0.25) is 0 Å². The van der Waals surface area contributed by atoms with E-state index in [1.807, 2.05) is 13.8 Å². The molecule has 1 aromatic rings. The third kappa shape index (κ3) is 4.80. The van der Waals surface area contributed by atoms with Crippen molar-refractivity contribution >= 4 is 28.3 Å². The number of nitrogens with zero attached hydrogens (tertiary/aromatic N) is 1. The Morgan fingerprint density at radius 2 is 2.22 bits per heavy atom. The van der Waals surface area contributed by atoms with Gasteiger partial charge < -0.3 is 16.0 Å². The van der Waals surface area contributed by atoms with Gasteiger partial charge in [0.25, 0.3) is 5.91 Å². The van der Waals surface area contributed by atoms with Gasteiger partial charge in [0.1, 0.15) is 5.69 Å². The van der Waals surface area contributed by atoms with Crippen LogP contribution < -0.4 is 16.0 Å². The molecule has 7 heteroatoms. The van der Waals surface area contributed by atoms with E-state index in [4.69, 9.17) is 0 Å². The van der Waals surface area contributed by atoms with E-state index in [1.165, 1.54) is 18.3 Å². The van der Waals surface area contributed by atoms with E-state index < -0.39 is 0 Å². The van der Waals surface area contributed by atoms with Crippen molar-refractivity contribution in [3.8, 4) is 0 Å². The van der Waals surface area contributed by atoms with Crippen molar-refractivity contribution in [3.63, 3.8) is 0 Å². The maximum atomic E-state index is 11.7. The molecule has 100 valence electrons. The molecule has 2 amide bonds. The molecule has 0 saturated carbocycles. The molecule has 6 nitrogen and oxygen atoms in total. The van der Waals surface area contributed by atoms with Crippen LogP contribution in [0.4, 0.5) is 5.13 Å². The van der Waals surface area contributed by atoms with Crippen molar-refractivity contribution in [2.75, 3.05) is 18.4 Å². The first-order valence-electron chi connectivity index (χ1n) is 5.77. The van der Waals surface area contributed by atoms with Gasteiger partial charge in [-0.3, -0.25) is 9.59 Å². The van der Waals surface area contributed by atoms with Crippen LogP contribution in [0.25, 0.3) is 0 Å². The monoisotopic (exact) mass is 270 g/mol. The molecule has 0 aromatic carbocycles. The van der Waals surface area contributed by atoms with Crippen LogP contribution in [0.1, 0.15) is 31.3 Å². The van der Waals surface area contributed by atoms with Gasteiger partial charge >= 0.3 is 0 Å². The van der Waals surface area contributed by atoms with Crippen LogP contribution in [0.15, 0.2) is 5.38 Å². The third-order valence-corrected chi connectivity index (χ3v) is 2.90. The van der Waals surface area contributed by atoms with Gasteiger partial charge in [0.2, 0.25) is 5.91 Å². The zero-order valence-electron chi connectivity index (χ0n) is 10.7. The zero-order chi connectivity index (χ0) is 13.5. The average Bonchev–Trinajstić information content (AvgIpc) is 2.74. The molecule has 1 atom stereocenters. The number of hydrogen-bond acceptors (Lipinski definition) is 5. The summed E-state index contributed by atoms with van der Waals surface area (Å²) in [5.74, 6) is -0.426. The van der Waals surface area contributed by atoms with E-state index in [1.54, 1.807) is 5.38 Å². The summed E-state index contributed by atoms with van der Waals surface area (Å²) in [5, 5.41) is 10.6. The number of rotatable bonds is 6. The average molecular weight is 270 g/mol. The first-order chi connectivity index (χ1) is 8.52. The van der Waals surface area contributed by atoms with E-state index in [2.05, 4.69) is 20.9 Å². The van der Waals surface area contributed by atoms with E-state index in [9.17, 15) is 9.59 Å². The zero-order valence-corrected chi connectivity index (χ0v) is 11.6. The summed E-state index contributed by atoms with van der Waals surface area (Å²) in [4.78, 5) is 26.6. The molecule has 18 heavy (non-hydrogen) atoms. The molecule has 1 aromatic heterocycles. The number of anilines is 1. The predicted octanol–water partition coefficient (Wildman–Crippen LogP) is 0.829. The summed E-state index contributed by atoms with van der Waals surface area (Å²) in [7, 11) is 0. The Labute approximate surface area is 110 Å². The molecule has 0 aliphatic carbocycles. The van der Waals surface area contributed by atoms with E-state index in [0.717, 1.165) is 6.54 Å². The predicted molar refractivity (Wildman–Crippen MR) is 71.9 cm³/mol. The lowest BCUT2D eigenvalue weighted by Gasteiger charge is -2.12. The minimum absolute atomic E-state index is 0.197. The Balaban J connectivity index is 2.46. The maximum absolute atomic E-state index is 11.7. The lowest BCUT2D eigenvalue weighted by molar-refractivity contribution is -0.114. The minimum Gasteiger partial charge on any atom is -0.349 e. The SMILES string of the molecule is CCN[C@H](C)CNC(=O)c1csc(NC(C)=O)n1. The number of likely N-dealkylation sites (N-methyl/N-ethyl adjacent to an activating group) is 1. The highest BCUT2D eigenvalue weighted by atomic mass is 32.1. The molecular formula is C11H18N4O2S. The molecule has 1 heterocycles. The van der Waals surface area contributed by atoms with Crippen molar-refractivity contribution < 1.29 is 9.59 Å². The molecule has 0 radical (unpaired) electrons. The quantitative estimate of drug-likeness (QED) is 0.715. The standard InChI is InChI=1S/C11H18N4O2S/c1-4-12-7(2)5-13-10(17)9-6-18-11(15-9)14-8(3)16/h6-7,12H,4-5H2,1-3H3,(H,13,17)(H,14,15,16)/t7-/m1/s1. The fourth-order valence-corrected chi connectivity index (χ4v) is 2.08. The lowest BCUT2D eigenvalue weighted by Crippen LogP contribution is -2.38. The number of amides is 2. The van der Waals surface area contributed by atoms with Gasteiger partial charge in [-0.15, -0.1) is 11.3 Å². The summed E-state index contributed by atoms with van der Waals surface area (Å²) in [6, 6.07) is 0.215. The van der Waals surface area contributed by atoms with Gasteiger partial charge in [-0.1, -0.05) is 6.92 Å². The number of hydrogen-bond donors (Lipinski definition) is 3. The molecule has 0 saturated heterocycles. The van der Waals surface area contributed by atoms with Gasteiger partial charge in [-0.2, -0.15) is 0 Å². The summed E-state index contributed by atoms with van der Waals surface area (Å²) in [6.45, 7) is 6.81. The Morgan fingerprint density at radius 3 is 2.83 bits per heavy atom. The third-order valence-electron chi connectivity index (χ3n) is 2.14. The summed E-state index contributed by atoms with van der Waals surface area (Å²) in [5.41, 5.74) is 0.326. The van der Waals surface area contributed by atoms with Crippen LogP contribution in [-0.2, 0) is 4.79 Å². The van der Waals surface area contributed by atoms with Crippen molar-refractivity contribution in [2.45, 2.75) is 26.8 Å². The molecule has 0 bridgehead atoms. The number of thiazole rings is 1. The molecule has 3 N–H and O–H groups in total. The highest BCUT2D eigenvalue weighted by molar-refractivity contribution is 7.14. The lowest BCUT2D eigenvalue weighted by atomic mass is 10.3. The molecule has 0 spiro atoms. The molecule has 1 rings (SSSR count). The minimum atomic E-state index is -0.229. The Morgan fingerprint density at radius 1 is 1.50 bits per heavy atom. The highest BCUT2D eigenvalue weighted by Crippen LogP contribution is 2.14. The van der Waals surface area contributed by atoms with E-state index in [-0.39, 0.29) is 17.9 Å². The topological polar surface area (TPSA) is 83.1 Å².